The highest BCUT2D eigenvalue weighted by Crippen LogP contribution is 2.43. The summed E-state index contributed by atoms with van der Waals surface area (Å²) in [6, 6.07) is 10.0. The lowest BCUT2D eigenvalue weighted by atomic mass is 10.1. The predicted molar refractivity (Wildman–Crippen MR) is 98.5 cm³/mol. The fourth-order valence-corrected chi connectivity index (χ4v) is 3.55. The molecule has 142 valence electrons. The number of carbonyl (C=O) groups is 1. The van der Waals surface area contributed by atoms with Crippen molar-refractivity contribution in [3.05, 3.63) is 52.8 Å². The van der Waals surface area contributed by atoms with Gasteiger partial charge in [0.15, 0.2) is 17.6 Å². The van der Waals surface area contributed by atoms with Crippen molar-refractivity contribution in [3.63, 3.8) is 0 Å². The minimum atomic E-state index is -0.905. The number of halogens is 2. The van der Waals surface area contributed by atoms with Gasteiger partial charge in [0, 0.05) is 36.8 Å². The summed E-state index contributed by atoms with van der Waals surface area (Å²) in [4.78, 5) is 14.5. The van der Waals surface area contributed by atoms with Crippen LogP contribution in [0.4, 0.5) is 14.9 Å². The van der Waals surface area contributed by atoms with Gasteiger partial charge in [-0.3, -0.25) is 0 Å². The molecule has 1 fully saturated rings. The summed E-state index contributed by atoms with van der Waals surface area (Å²) in [6.07, 6.45) is -1.47. The van der Waals surface area contributed by atoms with Crippen molar-refractivity contribution in [2.75, 3.05) is 37.7 Å². The second kappa shape index (κ2) is 7.15. The maximum absolute atomic E-state index is 14.2. The Morgan fingerprint density at radius 3 is 2.67 bits per heavy atom. The van der Waals surface area contributed by atoms with Crippen LogP contribution in [-0.2, 0) is 0 Å². The third-order valence-electron chi connectivity index (χ3n) is 4.81. The Balaban J connectivity index is 1.54. The zero-order valence-electron chi connectivity index (χ0n) is 14.4. The molecule has 0 spiro atoms. The quantitative estimate of drug-likeness (QED) is 0.842. The van der Waals surface area contributed by atoms with E-state index in [2.05, 4.69) is 4.90 Å². The second-order valence-electron chi connectivity index (χ2n) is 6.44. The molecule has 2 aliphatic heterocycles. The molecule has 1 unspecified atom stereocenters. The molecule has 0 aliphatic carbocycles. The van der Waals surface area contributed by atoms with E-state index in [9.17, 15) is 9.18 Å². The predicted octanol–water partition coefficient (Wildman–Crippen LogP) is 3.79. The molecular weight excluding hydrogens is 375 g/mol. The third-order valence-corrected chi connectivity index (χ3v) is 5.04. The monoisotopic (exact) mass is 392 g/mol. The van der Waals surface area contributed by atoms with Crippen LogP contribution < -0.4 is 14.4 Å². The number of fused-ring (bicyclic) bond motifs is 1. The molecule has 0 aromatic heterocycles. The number of amides is 1. The highest BCUT2D eigenvalue weighted by atomic mass is 35.5. The molecular formula is C19H18ClFN2O4. The van der Waals surface area contributed by atoms with Crippen LogP contribution in [-0.4, -0.2) is 48.9 Å². The van der Waals surface area contributed by atoms with Crippen molar-refractivity contribution in [2.45, 2.75) is 6.10 Å². The molecule has 2 aromatic rings. The van der Waals surface area contributed by atoms with Crippen molar-refractivity contribution in [1.29, 1.82) is 0 Å². The van der Waals surface area contributed by atoms with Gasteiger partial charge in [-0.05, 0) is 24.3 Å². The fourth-order valence-electron chi connectivity index (χ4n) is 3.39. The summed E-state index contributed by atoms with van der Waals surface area (Å²) < 4.78 is 26.1. The Kier molecular flexibility index (Phi) is 4.70. The number of rotatable bonds is 2. The van der Waals surface area contributed by atoms with Crippen LogP contribution in [0.25, 0.3) is 0 Å². The summed E-state index contributed by atoms with van der Waals surface area (Å²) in [6.45, 7) is 2.18. The molecule has 1 N–H and O–H groups in total. The van der Waals surface area contributed by atoms with Gasteiger partial charge in [0.25, 0.3) is 0 Å². The summed E-state index contributed by atoms with van der Waals surface area (Å²) in [5.41, 5.74) is 1.25. The second-order valence-corrected chi connectivity index (χ2v) is 6.88. The number of hydrogen-bond donors (Lipinski definition) is 1. The Morgan fingerprint density at radius 1 is 1.19 bits per heavy atom. The van der Waals surface area contributed by atoms with E-state index >= 15 is 0 Å². The van der Waals surface area contributed by atoms with Gasteiger partial charge in [0.2, 0.25) is 0 Å². The van der Waals surface area contributed by atoms with Gasteiger partial charge < -0.3 is 24.4 Å². The molecule has 2 heterocycles. The first-order valence-corrected chi connectivity index (χ1v) is 9.01. The van der Waals surface area contributed by atoms with Crippen molar-refractivity contribution in [2.24, 2.45) is 0 Å². The topological polar surface area (TPSA) is 62.2 Å². The van der Waals surface area contributed by atoms with E-state index in [1.165, 1.54) is 11.0 Å². The number of anilines is 1. The van der Waals surface area contributed by atoms with E-state index in [4.69, 9.17) is 26.2 Å². The van der Waals surface area contributed by atoms with Gasteiger partial charge in [-0.25, -0.2) is 9.18 Å². The molecule has 0 saturated carbocycles. The van der Waals surface area contributed by atoms with Crippen LogP contribution in [0.5, 0.6) is 11.5 Å². The number of hydrogen-bond acceptors (Lipinski definition) is 4. The average Bonchev–Trinajstić information content (AvgIpc) is 2.67. The molecule has 0 bridgehead atoms. The number of benzene rings is 2. The molecule has 1 amide bonds. The molecule has 4 rings (SSSR count). The maximum atomic E-state index is 14.2. The van der Waals surface area contributed by atoms with Gasteiger partial charge in [0.05, 0.1) is 5.69 Å². The minimum absolute atomic E-state index is 0.178. The molecule has 27 heavy (non-hydrogen) atoms. The fraction of sp³-hybridized carbons (Fsp3) is 0.316. The molecule has 0 radical (unpaired) electrons. The van der Waals surface area contributed by atoms with Crippen molar-refractivity contribution in [3.8, 4) is 11.5 Å². The van der Waals surface area contributed by atoms with E-state index < -0.39 is 18.0 Å². The summed E-state index contributed by atoms with van der Waals surface area (Å²) in [7, 11) is 0. The van der Waals surface area contributed by atoms with E-state index in [0.717, 1.165) is 5.69 Å². The van der Waals surface area contributed by atoms with Crippen molar-refractivity contribution in [1.82, 2.24) is 4.90 Å². The zero-order valence-corrected chi connectivity index (χ0v) is 15.2. The molecule has 6 nitrogen and oxygen atoms in total. The Hall–Kier alpha value is -2.67. The van der Waals surface area contributed by atoms with E-state index in [1.807, 2.05) is 12.1 Å². The average molecular weight is 393 g/mol. The van der Waals surface area contributed by atoms with Gasteiger partial charge in [0.1, 0.15) is 12.4 Å². The molecule has 2 aliphatic rings. The Labute approximate surface area is 160 Å². The molecule has 8 heteroatoms. The normalized spacial score (nSPS) is 19.1. The Bertz CT molecular complexity index is 871. The van der Waals surface area contributed by atoms with Crippen molar-refractivity contribution >= 4 is 23.4 Å². The first kappa shape index (κ1) is 17.7. The lowest BCUT2D eigenvalue weighted by Crippen LogP contribution is -2.48. The molecule has 1 atom stereocenters. The minimum Gasteiger partial charge on any atom is -0.483 e. The summed E-state index contributed by atoms with van der Waals surface area (Å²) in [5.74, 6) is 0.714. The number of carboxylic acid groups (broad SMARTS) is 1. The van der Waals surface area contributed by atoms with E-state index in [1.54, 1.807) is 18.2 Å². The summed E-state index contributed by atoms with van der Waals surface area (Å²) >= 11 is 5.82. The number of para-hydroxylation sites is 1. The lowest BCUT2D eigenvalue weighted by Gasteiger charge is -2.37. The number of piperazine rings is 1. The van der Waals surface area contributed by atoms with E-state index in [0.29, 0.717) is 48.3 Å². The zero-order chi connectivity index (χ0) is 19.0. The SMILES string of the molecule is O=C(O)N1CCN(c2cccc3c2OCC(c2ccc(Cl)cc2F)O3)CC1. The maximum Gasteiger partial charge on any atom is 0.407 e. The number of nitrogens with zero attached hydrogens (tertiary/aromatic N) is 2. The smallest absolute Gasteiger partial charge is 0.407 e. The van der Waals surface area contributed by atoms with Crippen LogP contribution in [0.15, 0.2) is 36.4 Å². The van der Waals surface area contributed by atoms with Crippen LogP contribution in [0.3, 0.4) is 0 Å². The van der Waals surface area contributed by atoms with Crippen LogP contribution in [0, 0.1) is 5.82 Å². The molecule has 1 saturated heterocycles. The lowest BCUT2D eigenvalue weighted by molar-refractivity contribution is 0.0888. The standard InChI is InChI=1S/C19H18ClFN2O4/c20-12-4-5-13(14(21)10-12)17-11-26-18-15(2-1-3-16(18)27-17)22-6-8-23(9-7-22)19(24)25/h1-5,10,17H,6-9,11H2,(H,24,25). The van der Waals surface area contributed by atoms with Gasteiger partial charge in [-0.15, -0.1) is 0 Å². The highest BCUT2D eigenvalue weighted by molar-refractivity contribution is 6.30. The van der Waals surface area contributed by atoms with Crippen LogP contribution in [0.2, 0.25) is 5.02 Å². The number of ether oxygens (including phenoxy) is 2. The van der Waals surface area contributed by atoms with Crippen LogP contribution >= 0.6 is 11.6 Å². The first-order chi connectivity index (χ1) is 13.0. The highest BCUT2D eigenvalue weighted by Gasteiger charge is 2.29. The van der Waals surface area contributed by atoms with Gasteiger partial charge in [-0.1, -0.05) is 23.7 Å². The van der Waals surface area contributed by atoms with Gasteiger partial charge >= 0.3 is 6.09 Å². The van der Waals surface area contributed by atoms with Crippen molar-refractivity contribution < 1.29 is 23.8 Å². The molecule has 2 aromatic carbocycles. The first-order valence-electron chi connectivity index (χ1n) is 8.63. The van der Waals surface area contributed by atoms with Crippen LogP contribution in [0.1, 0.15) is 11.7 Å². The Morgan fingerprint density at radius 2 is 1.96 bits per heavy atom. The van der Waals surface area contributed by atoms with Gasteiger partial charge in [-0.2, -0.15) is 0 Å². The largest absolute Gasteiger partial charge is 0.483 e. The van der Waals surface area contributed by atoms with E-state index in [-0.39, 0.29) is 6.61 Å². The third kappa shape index (κ3) is 3.47. The summed E-state index contributed by atoms with van der Waals surface area (Å²) in [5, 5.41) is 9.42.